The van der Waals surface area contributed by atoms with Gasteiger partial charge in [0.15, 0.2) is 0 Å². The second-order valence-corrected chi connectivity index (χ2v) is 5.75. The van der Waals surface area contributed by atoms with Gasteiger partial charge in [-0.1, -0.05) is 32.6 Å². The van der Waals surface area contributed by atoms with Crippen LogP contribution < -0.4 is 0 Å². The number of aliphatic hydroxyl groups is 1. The molecule has 0 aliphatic heterocycles. The van der Waals surface area contributed by atoms with Gasteiger partial charge in [-0.3, -0.25) is 0 Å². The molecule has 0 amide bonds. The standard InChI is InChI=1S/C12H19BrOS/c1-2-3-4-5-6-10(14)9-12-11(13)7-8-15-12/h7-8,10,14H,2-6,9H2,1H3. The maximum absolute atomic E-state index is 9.83. The molecule has 0 bridgehead atoms. The summed E-state index contributed by atoms with van der Waals surface area (Å²) in [5.74, 6) is 0. The average molecular weight is 291 g/mol. The first-order valence-corrected chi connectivity index (χ1v) is 7.31. The van der Waals surface area contributed by atoms with E-state index >= 15 is 0 Å². The average Bonchev–Trinajstić information content (AvgIpc) is 2.59. The van der Waals surface area contributed by atoms with Crippen molar-refractivity contribution in [1.82, 2.24) is 0 Å². The van der Waals surface area contributed by atoms with Gasteiger partial charge in [0.25, 0.3) is 0 Å². The molecule has 86 valence electrons. The van der Waals surface area contributed by atoms with Gasteiger partial charge in [-0.05, 0) is 33.8 Å². The van der Waals surface area contributed by atoms with Crippen LogP contribution in [-0.4, -0.2) is 11.2 Å². The second-order valence-electron chi connectivity index (χ2n) is 3.90. The molecule has 1 aromatic rings. The van der Waals surface area contributed by atoms with Gasteiger partial charge >= 0.3 is 0 Å². The Morgan fingerprint density at radius 3 is 2.80 bits per heavy atom. The van der Waals surface area contributed by atoms with Crippen molar-refractivity contribution in [3.63, 3.8) is 0 Å². The van der Waals surface area contributed by atoms with Gasteiger partial charge < -0.3 is 5.11 Å². The highest BCUT2D eigenvalue weighted by atomic mass is 79.9. The molecule has 1 aromatic heterocycles. The van der Waals surface area contributed by atoms with Crippen molar-refractivity contribution in [1.29, 1.82) is 0 Å². The van der Waals surface area contributed by atoms with Crippen molar-refractivity contribution in [2.24, 2.45) is 0 Å². The summed E-state index contributed by atoms with van der Waals surface area (Å²) in [5, 5.41) is 11.9. The van der Waals surface area contributed by atoms with Crippen LogP contribution in [0.4, 0.5) is 0 Å². The van der Waals surface area contributed by atoms with Crippen LogP contribution >= 0.6 is 27.3 Å². The molecule has 0 saturated carbocycles. The van der Waals surface area contributed by atoms with Crippen LogP contribution in [0.15, 0.2) is 15.9 Å². The third-order valence-corrected chi connectivity index (χ3v) is 4.45. The molecule has 0 radical (unpaired) electrons. The number of rotatable bonds is 7. The van der Waals surface area contributed by atoms with E-state index in [0.717, 1.165) is 23.7 Å². The van der Waals surface area contributed by atoms with Crippen LogP contribution in [0, 0.1) is 0 Å². The topological polar surface area (TPSA) is 20.2 Å². The van der Waals surface area contributed by atoms with Gasteiger partial charge in [0.2, 0.25) is 0 Å². The van der Waals surface area contributed by atoms with E-state index in [2.05, 4.69) is 28.2 Å². The number of halogens is 1. The molecule has 1 nitrogen and oxygen atoms in total. The van der Waals surface area contributed by atoms with Crippen molar-refractivity contribution >= 4 is 27.3 Å². The fourth-order valence-electron chi connectivity index (χ4n) is 1.59. The summed E-state index contributed by atoms with van der Waals surface area (Å²) in [6.07, 6.45) is 6.50. The Labute approximate surface area is 105 Å². The van der Waals surface area contributed by atoms with E-state index in [9.17, 15) is 5.11 Å². The van der Waals surface area contributed by atoms with Crippen LogP contribution in [0.3, 0.4) is 0 Å². The fraction of sp³-hybridized carbons (Fsp3) is 0.667. The molecule has 15 heavy (non-hydrogen) atoms. The van der Waals surface area contributed by atoms with Gasteiger partial charge in [-0.2, -0.15) is 0 Å². The molecule has 3 heteroatoms. The lowest BCUT2D eigenvalue weighted by Crippen LogP contribution is -2.09. The van der Waals surface area contributed by atoms with E-state index in [1.807, 2.05) is 6.07 Å². The molecule has 1 rings (SSSR count). The minimum atomic E-state index is -0.170. The second kappa shape index (κ2) is 7.42. The Hall–Kier alpha value is 0.140. The van der Waals surface area contributed by atoms with E-state index in [1.165, 1.54) is 24.1 Å². The molecule has 0 aliphatic rings. The molecular weight excluding hydrogens is 272 g/mol. The molecule has 0 aliphatic carbocycles. The first kappa shape index (κ1) is 13.2. The van der Waals surface area contributed by atoms with Crippen molar-refractivity contribution < 1.29 is 5.11 Å². The minimum Gasteiger partial charge on any atom is -0.393 e. The molecule has 1 unspecified atom stereocenters. The monoisotopic (exact) mass is 290 g/mol. The van der Waals surface area contributed by atoms with Gasteiger partial charge in [0, 0.05) is 15.8 Å². The zero-order chi connectivity index (χ0) is 11.1. The molecule has 0 fully saturated rings. The Morgan fingerprint density at radius 1 is 1.40 bits per heavy atom. The number of aliphatic hydroxyl groups excluding tert-OH is 1. The lowest BCUT2D eigenvalue weighted by Gasteiger charge is -2.09. The molecule has 1 heterocycles. The smallest absolute Gasteiger partial charge is 0.0588 e. The van der Waals surface area contributed by atoms with Gasteiger partial charge in [-0.25, -0.2) is 0 Å². The van der Waals surface area contributed by atoms with Crippen molar-refractivity contribution in [3.8, 4) is 0 Å². The van der Waals surface area contributed by atoms with Crippen LogP contribution in [0.1, 0.15) is 43.9 Å². The van der Waals surface area contributed by atoms with E-state index in [-0.39, 0.29) is 6.10 Å². The third kappa shape index (κ3) is 5.14. The first-order valence-electron chi connectivity index (χ1n) is 5.64. The zero-order valence-corrected chi connectivity index (χ0v) is 11.6. The van der Waals surface area contributed by atoms with E-state index in [4.69, 9.17) is 0 Å². The molecule has 0 spiro atoms. The highest BCUT2D eigenvalue weighted by molar-refractivity contribution is 9.10. The van der Waals surface area contributed by atoms with Crippen LogP contribution in [-0.2, 0) is 6.42 Å². The number of hydrogen-bond acceptors (Lipinski definition) is 2. The largest absolute Gasteiger partial charge is 0.393 e. The SMILES string of the molecule is CCCCCCC(O)Cc1sccc1Br. The van der Waals surface area contributed by atoms with Crippen molar-refractivity contribution in [2.45, 2.75) is 51.6 Å². The molecule has 1 atom stereocenters. The molecular formula is C12H19BrOS. The summed E-state index contributed by atoms with van der Waals surface area (Å²) >= 11 is 5.20. The lowest BCUT2D eigenvalue weighted by molar-refractivity contribution is 0.161. The Kier molecular flexibility index (Phi) is 6.53. The summed E-state index contributed by atoms with van der Waals surface area (Å²) in [5.41, 5.74) is 0. The predicted octanol–water partition coefficient (Wildman–Crippen LogP) is 4.38. The quantitative estimate of drug-likeness (QED) is 0.739. The van der Waals surface area contributed by atoms with Crippen LogP contribution in [0.5, 0.6) is 0 Å². The lowest BCUT2D eigenvalue weighted by atomic mass is 10.1. The zero-order valence-electron chi connectivity index (χ0n) is 9.21. The summed E-state index contributed by atoms with van der Waals surface area (Å²) < 4.78 is 1.14. The Morgan fingerprint density at radius 2 is 2.20 bits per heavy atom. The van der Waals surface area contributed by atoms with E-state index in [1.54, 1.807) is 11.3 Å². The van der Waals surface area contributed by atoms with Crippen LogP contribution in [0.2, 0.25) is 0 Å². The van der Waals surface area contributed by atoms with Crippen LogP contribution in [0.25, 0.3) is 0 Å². The summed E-state index contributed by atoms with van der Waals surface area (Å²) in [7, 11) is 0. The van der Waals surface area contributed by atoms with Gasteiger partial charge in [0.05, 0.1) is 6.10 Å². The van der Waals surface area contributed by atoms with Crippen molar-refractivity contribution in [3.05, 3.63) is 20.8 Å². The summed E-state index contributed by atoms with van der Waals surface area (Å²) in [6, 6.07) is 2.05. The minimum absolute atomic E-state index is 0.170. The number of unbranched alkanes of at least 4 members (excludes halogenated alkanes) is 3. The Balaban J connectivity index is 2.18. The Bertz CT molecular complexity index is 272. The highest BCUT2D eigenvalue weighted by Crippen LogP contribution is 2.24. The molecule has 0 saturated heterocycles. The maximum atomic E-state index is 9.83. The van der Waals surface area contributed by atoms with Gasteiger partial charge in [-0.15, -0.1) is 11.3 Å². The summed E-state index contributed by atoms with van der Waals surface area (Å²) in [6.45, 7) is 2.21. The van der Waals surface area contributed by atoms with Crippen molar-refractivity contribution in [2.75, 3.05) is 0 Å². The number of thiophene rings is 1. The fourth-order valence-corrected chi connectivity index (χ4v) is 3.18. The summed E-state index contributed by atoms with van der Waals surface area (Å²) in [4.78, 5) is 1.26. The van der Waals surface area contributed by atoms with E-state index in [0.29, 0.717) is 0 Å². The maximum Gasteiger partial charge on any atom is 0.0588 e. The highest BCUT2D eigenvalue weighted by Gasteiger charge is 2.08. The third-order valence-electron chi connectivity index (χ3n) is 2.50. The molecule has 1 N–H and O–H groups in total. The number of hydrogen-bond donors (Lipinski definition) is 1. The van der Waals surface area contributed by atoms with Gasteiger partial charge in [0.1, 0.15) is 0 Å². The normalized spacial score (nSPS) is 13.0. The predicted molar refractivity (Wildman–Crippen MR) is 70.5 cm³/mol. The first-order chi connectivity index (χ1) is 7.24. The van der Waals surface area contributed by atoms with E-state index < -0.39 is 0 Å². The molecule has 0 aromatic carbocycles.